The van der Waals surface area contributed by atoms with Gasteiger partial charge in [0.2, 0.25) is 0 Å². The molecular weight excluding hydrogens is 176 g/mol. The van der Waals surface area contributed by atoms with Crippen molar-refractivity contribution < 1.29 is 0 Å². The molecule has 0 radical (unpaired) electrons. The standard InChI is InChI=1S/C10H10N4/c1-4-9-11-5-8-10(14-9)13-7(3)6(2)12-8/h4-5H,1H2,2-3H3. The van der Waals surface area contributed by atoms with Crippen LogP contribution in [-0.2, 0) is 0 Å². The van der Waals surface area contributed by atoms with E-state index >= 15 is 0 Å². The molecule has 2 aromatic heterocycles. The number of aromatic nitrogens is 4. The van der Waals surface area contributed by atoms with Crippen LogP contribution in [0.4, 0.5) is 0 Å². The lowest BCUT2D eigenvalue weighted by molar-refractivity contribution is 1.05. The molecule has 2 heterocycles. The van der Waals surface area contributed by atoms with Crippen molar-refractivity contribution in [2.45, 2.75) is 13.8 Å². The number of nitrogens with zero attached hydrogens (tertiary/aromatic N) is 4. The van der Waals surface area contributed by atoms with E-state index in [9.17, 15) is 0 Å². The fraction of sp³-hybridized carbons (Fsp3) is 0.200. The first-order valence-electron chi connectivity index (χ1n) is 4.31. The average Bonchev–Trinajstić information content (AvgIpc) is 2.19. The lowest BCUT2D eigenvalue weighted by Crippen LogP contribution is -1.97. The molecule has 0 saturated carbocycles. The molecule has 0 N–H and O–H groups in total. The Labute approximate surface area is 81.8 Å². The van der Waals surface area contributed by atoms with Crippen LogP contribution in [-0.4, -0.2) is 19.9 Å². The summed E-state index contributed by atoms with van der Waals surface area (Å²) in [7, 11) is 0. The summed E-state index contributed by atoms with van der Waals surface area (Å²) in [5, 5.41) is 0. The van der Waals surface area contributed by atoms with Gasteiger partial charge in [-0.05, 0) is 19.9 Å². The lowest BCUT2D eigenvalue weighted by Gasteiger charge is -2.01. The van der Waals surface area contributed by atoms with Crippen molar-refractivity contribution in [2.75, 3.05) is 0 Å². The molecule has 0 bridgehead atoms. The second-order valence-corrected chi connectivity index (χ2v) is 3.04. The molecule has 0 aliphatic carbocycles. The molecule has 70 valence electrons. The second-order valence-electron chi connectivity index (χ2n) is 3.04. The number of aryl methyl sites for hydroxylation is 2. The van der Waals surface area contributed by atoms with Crippen LogP contribution in [0.1, 0.15) is 17.2 Å². The Morgan fingerprint density at radius 1 is 1.14 bits per heavy atom. The van der Waals surface area contributed by atoms with Gasteiger partial charge in [0.25, 0.3) is 0 Å². The van der Waals surface area contributed by atoms with Gasteiger partial charge in [-0.25, -0.2) is 19.9 Å². The summed E-state index contributed by atoms with van der Waals surface area (Å²) in [6.45, 7) is 7.44. The van der Waals surface area contributed by atoms with E-state index in [1.807, 2.05) is 13.8 Å². The molecule has 0 fully saturated rings. The molecule has 0 aromatic carbocycles. The van der Waals surface area contributed by atoms with Gasteiger partial charge in [-0.15, -0.1) is 0 Å². The lowest BCUT2D eigenvalue weighted by atomic mass is 10.3. The highest BCUT2D eigenvalue weighted by molar-refractivity contribution is 5.69. The Hall–Kier alpha value is -1.84. The minimum absolute atomic E-state index is 0.579. The smallest absolute Gasteiger partial charge is 0.182 e. The average molecular weight is 186 g/mol. The topological polar surface area (TPSA) is 51.6 Å². The quantitative estimate of drug-likeness (QED) is 0.679. The van der Waals surface area contributed by atoms with Crippen LogP contribution in [0.2, 0.25) is 0 Å². The van der Waals surface area contributed by atoms with E-state index < -0.39 is 0 Å². The SMILES string of the molecule is C=Cc1ncc2nc(C)c(C)nc2n1. The van der Waals surface area contributed by atoms with Gasteiger partial charge in [-0.1, -0.05) is 6.58 Å². The normalized spacial score (nSPS) is 10.4. The fourth-order valence-corrected chi connectivity index (χ4v) is 1.14. The summed E-state index contributed by atoms with van der Waals surface area (Å²) < 4.78 is 0. The van der Waals surface area contributed by atoms with E-state index in [1.54, 1.807) is 12.3 Å². The maximum Gasteiger partial charge on any atom is 0.182 e. The molecular formula is C10H10N4. The molecule has 4 nitrogen and oxygen atoms in total. The molecule has 2 aromatic rings. The minimum Gasteiger partial charge on any atom is -0.246 e. The third-order valence-electron chi connectivity index (χ3n) is 2.04. The Bertz CT molecular complexity index is 505. The molecule has 0 aliphatic rings. The summed E-state index contributed by atoms with van der Waals surface area (Å²) in [5.74, 6) is 0.579. The van der Waals surface area contributed by atoms with Crippen LogP contribution < -0.4 is 0 Å². The van der Waals surface area contributed by atoms with E-state index in [0.717, 1.165) is 16.9 Å². The first-order valence-corrected chi connectivity index (χ1v) is 4.31. The molecule has 0 amide bonds. The Morgan fingerprint density at radius 3 is 2.57 bits per heavy atom. The first-order chi connectivity index (χ1) is 6.70. The summed E-state index contributed by atoms with van der Waals surface area (Å²) in [6, 6.07) is 0. The number of fused-ring (bicyclic) bond motifs is 1. The van der Waals surface area contributed by atoms with Crippen molar-refractivity contribution in [3.05, 3.63) is 30.0 Å². The zero-order chi connectivity index (χ0) is 10.1. The highest BCUT2D eigenvalue weighted by Crippen LogP contribution is 2.09. The monoisotopic (exact) mass is 186 g/mol. The molecule has 4 heteroatoms. The van der Waals surface area contributed by atoms with Crippen LogP contribution in [0.5, 0.6) is 0 Å². The Morgan fingerprint density at radius 2 is 1.86 bits per heavy atom. The van der Waals surface area contributed by atoms with Gasteiger partial charge < -0.3 is 0 Å². The minimum atomic E-state index is 0.579. The third-order valence-corrected chi connectivity index (χ3v) is 2.04. The summed E-state index contributed by atoms with van der Waals surface area (Å²) in [4.78, 5) is 16.9. The molecule has 14 heavy (non-hydrogen) atoms. The number of rotatable bonds is 1. The summed E-state index contributed by atoms with van der Waals surface area (Å²) in [6.07, 6.45) is 3.26. The van der Waals surface area contributed by atoms with Crippen LogP contribution in [0, 0.1) is 13.8 Å². The van der Waals surface area contributed by atoms with Crippen molar-refractivity contribution in [2.24, 2.45) is 0 Å². The van der Waals surface area contributed by atoms with E-state index in [4.69, 9.17) is 0 Å². The summed E-state index contributed by atoms with van der Waals surface area (Å²) >= 11 is 0. The third kappa shape index (κ3) is 1.35. The van der Waals surface area contributed by atoms with Gasteiger partial charge in [0.05, 0.1) is 17.6 Å². The predicted octanol–water partition coefficient (Wildman–Crippen LogP) is 1.68. The maximum absolute atomic E-state index is 4.33. The van der Waals surface area contributed by atoms with Crippen LogP contribution in [0.3, 0.4) is 0 Å². The van der Waals surface area contributed by atoms with Gasteiger partial charge in [-0.3, -0.25) is 0 Å². The molecule has 0 aliphatic heterocycles. The van der Waals surface area contributed by atoms with Crippen molar-refractivity contribution in [1.82, 2.24) is 19.9 Å². The van der Waals surface area contributed by atoms with Gasteiger partial charge in [-0.2, -0.15) is 0 Å². The summed E-state index contributed by atoms with van der Waals surface area (Å²) in [5.41, 5.74) is 3.15. The van der Waals surface area contributed by atoms with Gasteiger partial charge in [0.15, 0.2) is 11.5 Å². The van der Waals surface area contributed by atoms with Crippen molar-refractivity contribution in [3.8, 4) is 0 Å². The second kappa shape index (κ2) is 3.14. The highest BCUT2D eigenvalue weighted by Gasteiger charge is 2.02. The van der Waals surface area contributed by atoms with Crippen LogP contribution >= 0.6 is 0 Å². The maximum atomic E-state index is 4.33. The number of hydrogen-bond acceptors (Lipinski definition) is 4. The zero-order valence-corrected chi connectivity index (χ0v) is 8.15. The van der Waals surface area contributed by atoms with E-state index in [2.05, 4.69) is 26.5 Å². The number of hydrogen-bond donors (Lipinski definition) is 0. The Balaban J connectivity index is 2.76. The van der Waals surface area contributed by atoms with Gasteiger partial charge in [0.1, 0.15) is 5.52 Å². The molecule has 0 unspecified atom stereocenters. The van der Waals surface area contributed by atoms with Gasteiger partial charge in [0, 0.05) is 0 Å². The van der Waals surface area contributed by atoms with E-state index in [0.29, 0.717) is 11.5 Å². The Kier molecular flexibility index (Phi) is 1.96. The van der Waals surface area contributed by atoms with E-state index in [1.165, 1.54) is 0 Å². The largest absolute Gasteiger partial charge is 0.246 e. The van der Waals surface area contributed by atoms with Crippen LogP contribution in [0.15, 0.2) is 12.8 Å². The highest BCUT2D eigenvalue weighted by atomic mass is 15.0. The molecule has 2 rings (SSSR count). The van der Waals surface area contributed by atoms with Gasteiger partial charge >= 0.3 is 0 Å². The molecule has 0 saturated heterocycles. The first kappa shape index (κ1) is 8.74. The predicted molar refractivity (Wildman–Crippen MR) is 54.7 cm³/mol. The van der Waals surface area contributed by atoms with Crippen molar-refractivity contribution >= 4 is 17.2 Å². The molecule has 0 spiro atoms. The van der Waals surface area contributed by atoms with Crippen LogP contribution in [0.25, 0.3) is 17.2 Å². The van der Waals surface area contributed by atoms with Crippen molar-refractivity contribution in [1.29, 1.82) is 0 Å². The molecule has 0 atom stereocenters. The fourth-order valence-electron chi connectivity index (χ4n) is 1.14. The zero-order valence-electron chi connectivity index (χ0n) is 8.15. The van der Waals surface area contributed by atoms with E-state index in [-0.39, 0.29) is 0 Å². The van der Waals surface area contributed by atoms with Crippen molar-refractivity contribution in [3.63, 3.8) is 0 Å².